The molecule has 9 heteroatoms. The number of furan rings is 1. The van der Waals surface area contributed by atoms with Crippen LogP contribution in [0.4, 0.5) is 5.69 Å². The largest absolute Gasteiger partial charge is 0.493 e. The number of methoxy groups -OCH3 is 2. The lowest BCUT2D eigenvalue weighted by atomic mass is 10.1. The summed E-state index contributed by atoms with van der Waals surface area (Å²) in [5, 5.41) is 15.4. The van der Waals surface area contributed by atoms with Gasteiger partial charge >= 0.3 is 0 Å². The standard InChI is InChI=1S/C20H18ClN3O5/c1-27-19-7-3-13(9-20(19)28-2)11-22-23-12-15-5-8-18(29-15)16-10-14(24(25)26)4-6-17(16)21/h3-10,12,22H,11H2,1-2H3/b23-12-. The first-order valence-corrected chi connectivity index (χ1v) is 8.90. The van der Waals surface area contributed by atoms with E-state index in [0.717, 1.165) is 5.56 Å². The van der Waals surface area contributed by atoms with Gasteiger partial charge in [-0.3, -0.25) is 10.1 Å². The van der Waals surface area contributed by atoms with Crippen LogP contribution in [0.15, 0.2) is 58.0 Å². The number of non-ortho nitro benzene ring substituents is 1. The Morgan fingerprint density at radius 2 is 1.93 bits per heavy atom. The molecule has 3 rings (SSSR count). The lowest BCUT2D eigenvalue weighted by Gasteiger charge is -2.09. The molecule has 0 saturated heterocycles. The second-order valence-corrected chi connectivity index (χ2v) is 6.31. The first-order chi connectivity index (χ1) is 14.0. The minimum absolute atomic E-state index is 0.0624. The van der Waals surface area contributed by atoms with E-state index in [2.05, 4.69) is 10.5 Å². The van der Waals surface area contributed by atoms with Crippen LogP contribution in [0.1, 0.15) is 11.3 Å². The predicted molar refractivity (Wildman–Crippen MR) is 110 cm³/mol. The van der Waals surface area contributed by atoms with Crippen molar-refractivity contribution in [3.05, 3.63) is 75.0 Å². The van der Waals surface area contributed by atoms with E-state index >= 15 is 0 Å². The number of nitrogens with zero attached hydrogens (tertiary/aromatic N) is 2. The van der Waals surface area contributed by atoms with Crippen LogP contribution < -0.4 is 14.9 Å². The van der Waals surface area contributed by atoms with Gasteiger partial charge in [-0.25, -0.2) is 0 Å². The van der Waals surface area contributed by atoms with Gasteiger partial charge in [0.1, 0.15) is 11.5 Å². The Morgan fingerprint density at radius 1 is 1.14 bits per heavy atom. The molecule has 0 fully saturated rings. The molecule has 0 unspecified atom stereocenters. The molecule has 0 aliphatic carbocycles. The first kappa shape index (κ1) is 20.2. The van der Waals surface area contributed by atoms with Crippen molar-refractivity contribution >= 4 is 23.5 Å². The first-order valence-electron chi connectivity index (χ1n) is 8.53. The zero-order valence-electron chi connectivity index (χ0n) is 15.7. The van der Waals surface area contributed by atoms with Crippen molar-refractivity contribution in [1.29, 1.82) is 0 Å². The van der Waals surface area contributed by atoms with E-state index in [0.29, 0.717) is 40.2 Å². The van der Waals surface area contributed by atoms with Gasteiger partial charge in [0, 0.05) is 17.7 Å². The van der Waals surface area contributed by atoms with Gasteiger partial charge in [0.15, 0.2) is 11.5 Å². The maximum Gasteiger partial charge on any atom is 0.270 e. The summed E-state index contributed by atoms with van der Waals surface area (Å²) in [7, 11) is 3.16. The smallest absolute Gasteiger partial charge is 0.270 e. The highest BCUT2D eigenvalue weighted by molar-refractivity contribution is 6.33. The van der Waals surface area contributed by atoms with Gasteiger partial charge in [0.2, 0.25) is 0 Å². The van der Waals surface area contributed by atoms with E-state index in [9.17, 15) is 10.1 Å². The Kier molecular flexibility index (Phi) is 6.36. The van der Waals surface area contributed by atoms with Gasteiger partial charge in [-0.15, -0.1) is 0 Å². The van der Waals surface area contributed by atoms with E-state index in [1.807, 2.05) is 18.2 Å². The van der Waals surface area contributed by atoms with Crippen LogP contribution in [-0.4, -0.2) is 25.4 Å². The van der Waals surface area contributed by atoms with Gasteiger partial charge in [0.05, 0.1) is 36.9 Å². The maximum absolute atomic E-state index is 11.0. The van der Waals surface area contributed by atoms with E-state index < -0.39 is 4.92 Å². The molecule has 0 saturated carbocycles. The zero-order chi connectivity index (χ0) is 20.8. The molecule has 1 N–H and O–H groups in total. The number of nitro groups is 1. The summed E-state index contributed by atoms with van der Waals surface area (Å²) >= 11 is 6.14. The Morgan fingerprint density at radius 3 is 2.66 bits per heavy atom. The molecule has 0 spiro atoms. The monoisotopic (exact) mass is 415 g/mol. The topological polar surface area (TPSA) is 99.1 Å². The minimum Gasteiger partial charge on any atom is -0.493 e. The number of benzene rings is 2. The van der Waals surface area contributed by atoms with E-state index in [1.165, 1.54) is 24.4 Å². The van der Waals surface area contributed by atoms with Gasteiger partial charge < -0.3 is 19.3 Å². The fraction of sp³-hybridized carbons (Fsp3) is 0.150. The molecule has 1 heterocycles. The summed E-state index contributed by atoms with van der Waals surface area (Å²) in [6.45, 7) is 0.473. The number of rotatable bonds is 8. The summed E-state index contributed by atoms with van der Waals surface area (Å²) in [6.07, 6.45) is 1.51. The highest BCUT2D eigenvalue weighted by atomic mass is 35.5. The molecule has 8 nitrogen and oxygen atoms in total. The fourth-order valence-electron chi connectivity index (χ4n) is 2.62. The molecule has 29 heavy (non-hydrogen) atoms. The number of hydrazone groups is 1. The third kappa shape index (κ3) is 4.85. The van der Waals surface area contributed by atoms with Crippen LogP contribution in [0.3, 0.4) is 0 Å². The summed E-state index contributed by atoms with van der Waals surface area (Å²) < 4.78 is 16.2. The van der Waals surface area contributed by atoms with Crippen LogP contribution in [-0.2, 0) is 6.54 Å². The van der Waals surface area contributed by atoms with Crippen molar-refractivity contribution in [2.45, 2.75) is 6.54 Å². The Hall–Kier alpha value is -3.52. The fourth-order valence-corrected chi connectivity index (χ4v) is 2.83. The molecule has 0 bridgehead atoms. The molecule has 0 aliphatic heterocycles. The molecular weight excluding hydrogens is 398 g/mol. The summed E-state index contributed by atoms with van der Waals surface area (Å²) in [5.41, 5.74) is 4.26. The van der Waals surface area contributed by atoms with Crippen molar-refractivity contribution in [3.8, 4) is 22.8 Å². The molecule has 3 aromatic rings. The third-order valence-electron chi connectivity index (χ3n) is 4.07. The Labute approximate surface area is 171 Å². The number of ether oxygens (including phenoxy) is 2. The van der Waals surface area contributed by atoms with Gasteiger partial charge in [-0.2, -0.15) is 5.10 Å². The summed E-state index contributed by atoms with van der Waals surface area (Å²) in [5.74, 6) is 2.19. The zero-order valence-corrected chi connectivity index (χ0v) is 16.5. The maximum atomic E-state index is 11.0. The quantitative estimate of drug-likeness (QED) is 0.326. The number of nitrogens with one attached hydrogen (secondary N) is 1. The second-order valence-electron chi connectivity index (χ2n) is 5.91. The van der Waals surface area contributed by atoms with Crippen molar-refractivity contribution in [2.75, 3.05) is 14.2 Å². The van der Waals surface area contributed by atoms with E-state index in [1.54, 1.807) is 26.4 Å². The number of nitro benzene ring substituents is 1. The van der Waals surface area contributed by atoms with E-state index in [4.69, 9.17) is 25.5 Å². The predicted octanol–water partition coefficient (Wildman–Crippen LogP) is 4.65. The molecule has 0 radical (unpaired) electrons. The van der Waals surface area contributed by atoms with Crippen molar-refractivity contribution in [1.82, 2.24) is 5.43 Å². The Balaban J connectivity index is 1.66. The number of hydrogen-bond donors (Lipinski definition) is 1. The number of halogens is 1. The van der Waals surface area contributed by atoms with Crippen molar-refractivity contribution in [2.24, 2.45) is 5.10 Å². The lowest BCUT2D eigenvalue weighted by Crippen LogP contribution is -2.05. The van der Waals surface area contributed by atoms with Crippen LogP contribution in [0.2, 0.25) is 5.02 Å². The Bertz CT molecular complexity index is 1050. The molecule has 1 aromatic heterocycles. The van der Waals surface area contributed by atoms with Crippen molar-refractivity contribution < 1.29 is 18.8 Å². The molecular formula is C20H18ClN3O5. The molecule has 150 valence electrons. The van der Waals surface area contributed by atoms with Gasteiger partial charge in [-0.05, 0) is 35.9 Å². The van der Waals surface area contributed by atoms with Crippen LogP contribution in [0, 0.1) is 10.1 Å². The van der Waals surface area contributed by atoms with Gasteiger partial charge in [-0.1, -0.05) is 17.7 Å². The molecule has 0 aliphatic rings. The van der Waals surface area contributed by atoms with Gasteiger partial charge in [0.25, 0.3) is 5.69 Å². The highest BCUT2D eigenvalue weighted by Gasteiger charge is 2.14. The van der Waals surface area contributed by atoms with E-state index in [-0.39, 0.29) is 5.69 Å². The second kappa shape index (κ2) is 9.11. The molecule has 0 atom stereocenters. The highest BCUT2D eigenvalue weighted by Crippen LogP contribution is 2.32. The lowest BCUT2D eigenvalue weighted by molar-refractivity contribution is -0.384. The number of hydrogen-bond acceptors (Lipinski definition) is 7. The van der Waals surface area contributed by atoms with Crippen LogP contribution >= 0.6 is 11.6 Å². The van der Waals surface area contributed by atoms with Crippen molar-refractivity contribution in [3.63, 3.8) is 0 Å². The average molecular weight is 416 g/mol. The van der Waals surface area contributed by atoms with Crippen LogP contribution in [0.25, 0.3) is 11.3 Å². The molecule has 0 amide bonds. The molecule has 2 aromatic carbocycles. The van der Waals surface area contributed by atoms with Crippen LogP contribution in [0.5, 0.6) is 11.5 Å². The SMILES string of the molecule is COc1ccc(CN/N=C\c2ccc(-c3cc([N+](=O)[O-])ccc3Cl)o2)cc1OC. The average Bonchev–Trinajstić information content (AvgIpc) is 3.19. The third-order valence-corrected chi connectivity index (χ3v) is 4.40. The minimum atomic E-state index is -0.483. The normalized spacial score (nSPS) is 10.9. The summed E-state index contributed by atoms with van der Waals surface area (Å²) in [6, 6.07) is 13.1. The summed E-state index contributed by atoms with van der Waals surface area (Å²) in [4.78, 5) is 10.5.